The number of carbonyl (C=O) groups excluding carboxylic acids is 2. The van der Waals surface area contributed by atoms with Crippen LogP contribution in [0.15, 0.2) is 48.6 Å². The summed E-state index contributed by atoms with van der Waals surface area (Å²) in [5.41, 5.74) is 5.33. The smallest absolute Gasteiger partial charge is 0.472 e. The molecule has 55 heavy (non-hydrogen) atoms. The molecule has 0 amide bonds. The summed E-state index contributed by atoms with van der Waals surface area (Å²) in [5, 5.41) is 8.88. The Morgan fingerprint density at radius 2 is 1.02 bits per heavy atom. The second-order valence-corrected chi connectivity index (χ2v) is 15.6. The van der Waals surface area contributed by atoms with E-state index in [1.165, 1.54) is 77.0 Å². The Morgan fingerprint density at radius 1 is 0.582 bits per heavy atom. The van der Waals surface area contributed by atoms with Crippen molar-refractivity contribution >= 4 is 25.7 Å². The van der Waals surface area contributed by atoms with Gasteiger partial charge in [0.2, 0.25) is 0 Å². The number of carboxylic acids is 1. The Bertz CT molecular complexity index is 1120. The molecule has 0 aliphatic carbocycles. The number of hydrogen-bond donors (Lipinski definition) is 3. The van der Waals surface area contributed by atoms with Crippen LogP contribution in [-0.4, -0.2) is 59.9 Å². The van der Waals surface area contributed by atoms with Crippen LogP contribution in [0.5, 0.6) is 0 Å². The summed E-state index contributed by atoms with van der Waals surface area (Å²) in [4.78, 5) is 45.9. The largest absolute Gasteiger partial charge is 0.480 e. The minimum absolute atomic E-state index is 0.154. The zero-order valence-corrected chi connectivity index (χ0v) is 35.2. The maximum Gasteiger partial charge on any atom is 0.472 e. The molecule has 0 aromatic rings. The molecule has 4 N–H and O–H groups in total. The fraction of sp³-hybridized carbons (Fsp3) is 0.744. The molecule has 0 radical (unpaired) electrons. The van der Waals surface area contributed by atoms with Crippen molar-refractivity contribution in [2.75, 3.05) is 19.8 Å². The molecule has 0 saturated carbocycles. The Balaban J connectivity index is 4.43. The number of hydrogen-bond acceptors (Lipinski definition) is 9. The molecule has 0 aliphatic heterocycles. The fourth-order valence-corrected chi connectivity index (χ4v) is 6.30. The van der Waals surface area contributed by atoms with Crippen LogP contribution in [-0.2, 0) is 37.5 Å². The van der Waals surface area contributed by atoms with Crippen molar-refractivity contribution < 1.29 is 47.5 Å². The van der Waals surface area contributed by atoms with Gasteiger partial charge >= 0.3 is 25.7 Å². The number of carboxylic acid groups (broad SMARTS) is 1. The van der Waals surface area contributed by atoms with E-state index < -0.39 is 51.1 Å². The SMILES string of the molecule is CC/C=C/C/C=C/C/C=C/C/C=C/CCCCC(=O)OC[C@H](COP(=O)(O)OC[C@H](N)C(=O)O)OC(=O)CCCCCCCCCCCCCCCCCC. The van der Waals surface area contributed by atoms with Crippen LogP contribution in [0.3, 0.4) is 0 Å². The van der Waals surface area contributed by atoms with Crippen molar-refractivity contribution in [3.05, 3.63) is 48.6 Å². The van der Waals surface area contributed by atoms with Crippen molar-refractivity contribution in [2.24, 2.45) is 5.73 Å². The molecule has 3 atom stereocenters. The lowest BCUT2D eigenvalue weighted by molar-refractivity contribution is -0.161. The number of allylic oxidation sites excluding steroid dienone is 8. The summed E-state index contributed by atoms with van der Waals surface area (Å²) < 4.78 is 32.6. The summed E-state index contributed by atoms with van der Waals surface area (Å²) >= 11 is 0. The lowest BCUT2D eigenvalue weighted by Gasteiger charge is -2.20. The maximum absolute atomic E-state index is 12.6. The van der Waals surface area contributed by atoms with E-state index in [0.717, 1.165) is 57.8 Å². The highest BCUT2D eigenvalue weighted by molar-refractivity contribution is 7.47. The number of carbonyl (C=O) groups is 3. The number of aliphatic carboxylic acids is 1. The van der Waals surface area contributed by atoms with Crippen LogP contribution in [0, 0.1) is 0 Å². The van der Waals surface area contributed by atoms with Crippen LogP contribution in [0.4, 0.5) is 0 Å². The topological polar surface area (TPSA) is 172 Å². The van der Waals surface area contributed by atoms with E-state index in [0.29, 0.717) is 12.8 Å². The van der Waals surface area contributed by atoms with Gasteiger partial charge in [0.25, 0.3) is 0 Å². The van der Waals surface area contributed by atoms with Gasteiger partial charge in [0.15, 0.2) is 6.10 Å². The summed E-state index contributed by atoms with van der Waals surface area (Å²) in [6, 6.07) is -1.53. The standard InChI is InChI=1S/C43H76NO10P/c1-3-5-7-9-11-13-15-17-19-21-23-25-27-29-31-33-35-42(46)54-39(37-52-55(49,50)53-38-40(44)43(47)48)36-51-41(45)34-32-30-28-26-24-22-20-18-16-14-12-10-8-6-4-2/h6,8,12,14,18,20,24,26,39-40H,3-5,7,9-11,13,15-17,19,21-23,25,27-38,44H2,1-2H3,(H,47,48)(H,49,50)/b8-6+,14-12+,20-18+,26-24+/t39-,40+/m1/s1. The van der Waals surface area contributed by atoms with Gasteiger partial charge in [0, 0.05) is 12.8 Å². The summed E-state index contributed by atoms with van der Waals surface area (Å²) in [6.45, 7) is 2.65. The quantitative estimate of drug-likeness (QED) is 0.0234. The van der Waals surface area contributed by atoms with Crippen LogP contribution >= 0.6 is 7.82 Å². The summed E-state index contributed by atoms with van der Waals surface area (Å²) in [7, 11) is -4.72. The Labute approximate surface area is 333 Å². The van der Waals surface area contributed by atoms with Crippen molar-refractivity contribution in [3.8, 4) is 0 Å². The van der Waals surface area contributed by atoms with Gasteiger partial charge in [-0.05, 0) is 51.4 Å². The monoisotopic (exact) mass is 798 g/mol. The molecule has 318 valence electrons. The van der Waals surface area contributed by atoms with Gasteiger partial charge in [-0.1, -0.05) is 159 Å². The first kappa shape index (κ1) is 52.4. The zero-order chi connectivity index (χ0) is 40.7. The predicted molar refractivity (Wildman–Crippen MR) is 222 cm³/mol. The van der Waals surface area contributed by atoms with E-state index in [1.54, 1.807) is 0 Å². The molecule has 0 rings (SSSR count). The molecule has 0 spiro atoms. The highest BCUT2D eigenvalue weighted by Gasteiger charge is 2.28. The number of ether oxygens (including phenoxy) is 2. The van der Waals surface area contributed by atoms with Crippen molar-refractivity contribution in [2.45, 2.75) is 187 Å². The van der Waals surface area contributed by atoms with Crippen molar-refractivity contribution in [1.29, 1.82) is 0 Å². The van der Waals surface area contributed by atoms with Crippen LogP contribution in [0.1, 0.15) is 174 Å². The fourth-order valence-electron chi connectivity index (χ4n) is 5.53. The molecule has 0 saturated heterocycles. The number of esters is 2. The molecule has 0 aliphatic rings. The van der Waals surface area contributed by atoms with Gasteiger partial charge in [-0.2, -0.15) is 0 Å². The third-order valence-corrected chi connectivity index (χ3v) is 9.79. The van der Waals surface area contributed by atoms with E-state index in [4.69, 9.17) is 24.8 Å². The van der Waals surface area contributed by atoms with Crippen molar-refractivity contribution in [1.82, 2.24) is 0 Å². The highest BCUT2D eigenvalue weighted by atomic mass is 31.2. The van der Waals surface area contributed by atoms with E-state index in [-0.39, 0.29) is 19.4 Å². The summed E-state index contributed by atoms with van der Waals surface area (Å²) in [5.74, 6) is -2.43. The molecule has 0 aromatic carbocycles. The van der Waals surface area contributed by atoms with Gasteiger partial charge in [0.1, 0.15) is 12.6 Å². The predicted octanol–water partition coefficient (Wildman–Crippen LogP) is 11.0. The first-order valence-corrected chi connectivity index (χ1v) is 22.7. The molecule has 0 heterocycles. The number of phosphoric ester groups is 1. The lowest BCUT2D eigenvalue weighted by atomic mass is 10.0. The Morgan fingerprint density at radius 3 is 1.53 bits per heavy atom. The van der Waals surface area contributed by atoms with E-state index >= 15 is 0 Å². The molecule has 1 unspecified atom stereocenters. The second kappa shape index (κ2) is 38.3. The Kier molecular flexibility index (Phi) is 36.5. The van der Waals surface area contributed by atoms with E-state index in [2.05, 4.69) is 67.0 Å². The van der Waals surface area contributed by atoms with Crippen molar-refractivity contribution in [3.63, 3.8) is 0 Å². The minimum Gasteiger partial charge on any atom is -0.480 e. The highest BCUT2D eigenvalue weighted by Crippen LogP contribution is 2.43. The average molecular weight is 798 g/mol. The van der Waals surface area contributed by atoms with Gasteiger partial charge in [-0.3, -0.25) is 23.4 Å². The van der Waals surface area contributed by atoms with E-state index in [1.807, 2.05) is 0 Å². The molecular formula is C43H76NO10P. The summed E-state index contributed by atoms with van der Waals surface area (Å²) in [6.07, 6.45) is 41.8. The lowest BCUT2D eigenvalue weighted by Crippen LogP contribution is -2.34. The number of rotatable bonds is 39. The molecular weight excluding hydrogens is 721 g/mol. The third-order valence-electron chi connectivity index (χ3n) is 8.84. The minimum atomic E-state index is -4.72. The number of unbranched alkanes of at least 4 members (excludes halogenated alkanes) is 17. The Hall–Kier alpha value is -2.56. The van der Waals surface area contributed by atoms with E-state index in [9.17, 15) is 23.8 Å². The van der Waals surface area contributed by atoms with Gasteiger partial charge < -0.3 is 25.2 Å². The first-order chi connectivity index (χ1) is 26.6. The van der Waals surface area contributed by atoms with Gasteiger partial charge in [-0.15, -0.1) is 0 Å². The first-order valence-electron chi connectivity index (χ1n) is 21.2. The normalized spacial score (nSPS) is 14.3. The number of phosphoric acid groups is 1. The second-order valence-electron chi connectivity index (χ2n) is 14.1. The molecule has 11 nitrogen and oxygen atoms in total. The maximum atomic E-state index is 12.6. The molecule has 0 aromatic heterocycles. The van der Waals surface area contributed by atoms with Crippen LogP contribution in [0.25, 0.3) is 0 Å². The number of nitrogens with two attached hydrogens (primary N) is 1. The zero-order valence-electron chi connectivity index (χ0n) is 34.3. The average Bonchev–Trinajstić information content (AvgIpc) is 3.16. The van der Waals surface area contributed by atoms with Gasteiger partial charge in [0.05, 0.1) is 13.2 Å². The van der Waals surface area contributed by atoms with Gasteiger partial charge in [-0.25, -0.2) is 4.57 Å². The molecule has 0 bridgehead atoms. The molecule has 0 fully saturated rings. The third kappa shape index (κ3) is 38.1. The molecule has 12 heteroatoms. The van der Waals surface area contributed by atoms with Crippen LogP contribution in [0.2, 0.25) is 0 Å². The van der Waals surface area contributed by atoms with Crippen LogP contribution < -0.4 is 5.73 Å².